The van der Waals surface area contributed by atoms with Crippen molar-refractivity contribution in [2.75, 3.05) is 6.54 Å². The van der Waals surface area contributed by atoms with Crippen LogP contribution in [0, 0.1) is 0 Å². The summed E-state index contributed by atoms with van der Waals surface area (Å²) in [6.45, 7) is 2.78. The number of aromatic amines is 1. The van der Waals surface area contributed by atoms with Crippen molar-refractivity contribution in [2.24, 2.45) is 0 Å². The number of carbonyl (C=O) groups excluding carboxylic acids is 1. The Labute approximate surface area is 129 Å². The summed E-state index contributed by atoms with van der Waals surface area (Å²) < 4.78 is 0. The lowest BCUT2D eigenvalue weighted by Gasteiger charge is -2.16. The molecule has 4 nitrogen and oxygen atoms in total. The van der Waals surface area contributed by atoms with Crippen LogP contribution in [0.25, 0.3) is 11.0 Å². The second-order valence-electron chi connectivity index (χ2n) is 5.36. The predicted octanol–water partition coefficient (Wildman–Crippen LogP) is 3.49. The molecule has 22 heavy (non-hydrogen) atoms. The molecule has 0 spiro atoms. The van der Waals surface area contributed by atoms with E-state index in [4.69, 9.17) is 0 Å². The summed E-state index contributed by atoms with van der Waals surface area (Å²) in [6.07, 6.45) is 2.62. The first-order chi connectivity index (χ1) is 10.8. The first kappa shape index (κ1) is 14.3. The van der Waals surface area contributed by atoms with Crippen molar-refractivity contribution in [2.45, 2.75) is 19.3 Å². The zero-order valence-electron chi connectivity index (χ0n) is 12.5. The van der Waals surface area contributed by atoms with Gasteiger partial charge in [-0.15, -0.1) is 0 Å². The molecule has 0 fully saturated rings. The van der Waals surface area contributed by atoms with E-state index in [-0.39, 0.29) is 5.91 Å². The number of carbonyl (C=O) groups is 1. The van der Waals surface area contributed by atoms with Crippen molar-refractivity contribution in [3.63, 3.8) is 0 Å². The van der Waals surface area contributed by atoms with Gasteiger partial charge in [0.05, 0.1) is 17.4 Å². The molecular formula is C18H19N3O. The minimum absolute atomic E-state index is 0.0501. The first-order valence-electron chi connectivity index (χ1n) is 7.54. The second-order valence-corrected chi connectivity index (χ2v) is 5.36. The van der Waals surface area contributed by atoms with Gasteiger partial charge in [-0.05, 0) is 30.2 Å². The highest BCUT2D eigenvalue weighted by Gasteiger charge is 2.12. The highest BCUT2D eigenvalue weighted by Crippen LogP contribution is 2.18. The average Bonchev–Trinajstić information content (AvgIpc) is 3.03. The summed E-state index contributed by atoms with van der Waals surface area (Å²) in [7, 11) is 0. The number of imidazole rings is 1. The van der Waals surface area contributed by atoms with Crippen LogP contribution in [0.5, 0.6) is 0 Å². The van der Waals surface area contributed by atoms with Gasteiger partial charge >= 0.3 is 0 Å². The molecule has 2 aromatic carbocycles. The summed E-state index contributed by atoms with van der Waals surface area (Å²) in [4.78, 5) is 19.5. The Balaban J connectivity index is 1.68. The fourth-order valence-corrected chi connectivity index (χ4v) is 2.62. The Morgan fingerprint density at radius 1 is 1.23 bits per heavy atom. The number of rotatable bonds is 5. The number of hydrogen-bond donors (Lipinski definition) is 2. The van der Waals surface area contributed by atoms with E-state index in [2.05, 4.69) is 34.3 Å². The number of benzene rings is 2. The number of nitrogens with one attached hydrogen (secondary N) is 2. The van der Waals surface area contributed by atoms with Crippen LogP contribution in [0.3, 0.4) is 0 Å². The van der Waals surface area contributed by atoms with Crippen molar-refractivity contribution < 1.29 is 4.79 Å². The largest absolute Gasteiger partial charge is 0.351 e. The van der Waals surface area contributed by atoms with Crippen LogP contribution >= 0.6 is 0 Å². The van der Waals surface area contributed by atoms with Crippen molar-refractivity contribution in [3.05, 3.63) is 66.0 Å². The monoisotopic (exact) mass is 293 g/mol. The van der Waals surface area contributed by atoms with Crippen molar-refractivity contribution >= 4 is 16.9 Å². The quantitative estimate of drug-likeness (QED) is 0.756. The molecule has 0 radical (unpaired) electrons. The fourth-order valence-electron chi connectivity index (χ4n) is 2.62. The van der Waals surface area contributed by atoms with Gasteiger partial charge in [-0.25, -0.2) is 4.98 Å². The Hall–Kier alpha value is -2.62. The third-order valence-corrected chi connectivity index (χ3v) is 3.96. The molecular weight excluding hydrogens is 274 g/mol. The van der Waals surface area contributed by atoms with Gasteiger partial charge in [0.25, 0.3) is 5.91 Å². The first-order valence-corrected chi connectivity index (χ1v) is 7.54. The predicted molar refractivity (Wildman–Crippen MR) is 87.9 cm³/mol. The minimum atomic E-state index is -0.0501. The van der Waals surface area contributed by atoms with Gasteiger partial charge in [-0.3, -0.25) is 4.79 Å². The van der Waals surface area contributed by atoms with Gasteiger partial charge < -0.3 is 10.3 Å². The molecule has 1 atom stereocenters. The van der Waals surface area contributed by atoms with Crippen LogP contribution in [0.4, 0.5) is 0 Å². The fraction of sp³-hybridized carbons (Fsp3) is 0.222. The van der Waals surface area contributed by atoms with E-state index < -0.39 is 0 Å². The van der Waals surface area contributed by atoms with Crippen LogP contribution in [0.15, 0.2) is 54.9 Å². The maximum absolute atomic E-state index is 12.3. The number of fused-ring (bicyclic) bond motifs is 1. The summed E-state index contributed by atoms with van der Waals surface area (Å²) in [5, 5.41) is 3.03. The van der Waals surface area contributed by atoms with Gasteiger partial charge in [-0.2, -0.15) is 0 Å². The van der Waals surface area contributed by atoms with Crippen molar-refractivity contribution in [3.8, 4) is 0 Å². The number of hydrogen-bond acceptors (Lipinski definition) is 2. The summed E-state index contributed by atoms with van der Waals surface area (Å²) in [5.41, 5.74) is 3.66. The lowest BCUT2D eigenvalue weighted by atomic mass is 9.96. The topological polar surface area (TPSA) is 57.8 Å². The molecule has 0 aliphatic carbocycles. The maximum atomic E-state index is 12.3. The van der Waals surface area contributed by atoms with E-state index in [0.717, 1.165) is 17.5 Å². The Kier molecular flexibility index (Phi) is 4.19. The van der Waals surface area contributed by atoms with Crippen LogP contribution in [-0.2, 0) is 0 Å². The number of nitrogens with zero attached hydrogens (tertiary/aromatic N) is 1. The lowest BCUT2D eigenvalue weighted by molar-refractivity contribution is 0.0951. The molecule has 1 heterocycles. The normalized spacial score (nSPS) is 12.2. The molecule has 0 saturated carbocycles. The van der Waals surface area contributed by atoms with Gasteiger partial charge in [0.2, 0.25) is 0 Å². The molecule has 0 aliphatic rings. The van der Waals surface area contributed by atoms with E-state index in [1.165, 1.54) is 5.56 Å². The Morgan fingerprint density at radius 3 is 2.82 bits per heavy atom. The van der Waals surface area contributed by atoms with Crippen LogP contribution < -0.4 is 5.32 Å². The molecule has 1 aromatic heterocycles. The van der Waals surface area contributed by atoms with Crippen LogP contribution in [0.1, 0.15) is 35.2 Å². The highest BCUT2D eigenvalue weighted by atomic mass is 16.1. The standard InChI is InChI=1S/C18H19N3O/c1-2-13(14-6-4-3-5-7-14)11-19-18(22)15-8-9-16-17(10-15)21-12-20-16/h3-10,12-13H,2,11H2,1H3,(H,19,22)(H,20,21)/t13-/m0/s1. The Bertz CT molecular complexity index is 764. The highest BCUT2D eigenvalue weighted by molar-refractivity contribution is 5.97. The molecule has 2 N–H and O–H groups in total. The lowest BCUT2D eigenvalue weighted by Crippen LogP contribution is -2.28. The molecule has 3 aromatic rings. The maximum Gasteiger partial charge on any atom is 0.251 e. The van der Waals surface area contributed by atoms with E-state index in [0.29, 0.717) is 18.0 Å². The van der Waals surface area contributed by atoms with E-state index in [9.17, 15) is 4.79 Å². The molecule has 4 heteroatoms. The summed E-state index contributed by atoms with van der Waals surface area (Å²) in [6, 6.07) is 15.8. The third-order valence-electron chi connectivity index (χ3n) is 3.96. The van der Waals surface area contributed by atoms with Crippen LogP contribution in [0.2, 0.25) is 0 Å². The molecule has 0 saturated heterocycles. The molecule has 0 unspecified atom stereocenters. The minimum Gasteiger partial charge on any atom is -0.351 e. The van der Waals surface area contributed by atoms with Crippen molar-refractivity contribution in [1.82, 2.24) is 15.3 Å². The number of H-pyrrole nitrogens is 1. The zero-order valence-corrected chi connectivity index (χ0v) is 12.5. The van der Waals surface area contributed by atoms with E-state index >= 15 is 0 Å². The number of aromatic nitrogens is 2. The summed E-state index contributed by atoms with van der Waals surface area (Å²) in [5.74, 6) is 0.284. The SMILES string of the molecule is CC[C@@H](CNC(=O)c1ccc2nc[nH]c2c1)c1ccccc1. The van der Waals surface area contributed by atoms with Crippen molar-refractivity contribution in [1.29, 1.82) is 0 Å². The smallest absolute Gasteiger partial charge is 0.251 e. The van der Waals surface area contributed by atoms with E-state index in [1.807, 2.05) is 36.4 Å². The molecule has 0 bridgehead atoms. The molecule has 3 rings (SSSR count). The van der Waals surface area contributed by atoms with Gasteiger partial charge in [-0.1, -0.05) is 37.3 Å². The van der Waals surface area contributed by atoms with Crippen LogP contribution in [-0.4, -0.2) is 22.4 Å². The molecule has 1 amide bonds. The average molecular weight is 293 g/mol. The zero-order chi connectivity index (χ0) is 15.4. The number of amides is 1. The second kappa shape index (κ2) is 6.43. The Morgan fingerprint density at radius 2 is 2.05 bits per heavy atom. The third kappa shape index (κ3) is 3.01. The van der Waals surface area contributed by atoms with Gasteiger partial charge in [0.1, 0.15) is 0 Å². The van der Waals surface area contributed by atoms with E-state index in [1.54, 1.807) is 6.33 Å². The van der Waals surface area contributed by atoms with Gasteiger partial charge in [0, 0.05) is 18.0 Å². The molecule has 112 valence electrons. The summed E-state index contributed by atoms with van der Waals surface area (Å²) >= 11 is 0. The van der Waals surface area contributed by atoms with Gasteiger partial charge in [0.15, 0.2) is 0 Å². The molecule has 0 aliphatic heterocycles.